The van der Waals surface area contributed by atoms with E-state index in [9.17, 15) is 4.79 Å². The normalized spacial score (nSPS) is 20.6. The first-order valence-corrected chi connectivity index (χ1v) is 7.61. The van der Waals surface area contributed by atoms with Gasteiger partial charge in [-0.1, -0.05) is 6.92 Å². The van der Waals surface area contributed by atoms with Crippen molar-refractivity contribution in [2.24, 2.45) is 18.9 Å². The van der Waals surface area contributed by atoms with Crippen LogP contribution in [0.15, 0.2) is 12.3 Å². The standard InChI is InChI=1S/C15H26N4O/c1-12(13-4-3-7-16-11-13)10-15(20)17-8-5-14-6-9-19(2)18-14/h6,9,12-13,16H,3-5,7-8,10-11H2,1-2H3,(H,17,20). The van der Waals surface area contributed by atoms with Gasteiger partial charge in [-0.05, 0) is 43.8 Å². The lowest BCUT2D eigenvalue weighted by molar-refractivity contribution is -0.122. The fourth-order valence-electron chi connectivity index (χ4n) is 2.82. The first kappa shape index (κ1) is 15.0. The molecule has 1 amide bonds. The predicted octanol–water partition coefficient (Wildman–Crippen LogP) is 1.10. The topological polar surface area (TPSA) is 59.0 Å². The Kier molecular flexibility index (Phi) is 5.59. The molecule has 1 aromatic rings. The van der Waals surface area contributed by atoms with Crippen LogP contribution in [0.2, 0.25) is 0 Å². The number of nitrogens with one attached hydrogen (secondary N) is 2. The Hall–Kier alpha value is -1.36. The smallest absolute Gasteiger partial charge is 0.220 e. The predicted molar refractivity (Wildman–Crippen MR) is 79.3 cm³/mol. The average molecular weight is 278 g/mol. The van der Waals surface area contributed by atoms with Crippen molar-refractivity contribution in [2.75, 3.05) is 19.6 Å². The van der Waals surface area contributed by atoms with Crippen LogP contribution < -0.4 is 10.6 Å². The molecule has 1 aliphatic rings. The first-order valence-electron chi connectivity index (χ1n) is 7.61. The second-order valence-electron chi connectivity index (χ2n) is 5.87. The molecule has 2 rings (SSSR count). The molecule has 1 aromatic heterocycles. The van der Waals surface area contributed by atoms with E-state index in [4.69, 9.17) is 0 Å². The van der Waals surface area contributed by atoms with Crippen LogP contribution in [0.3, 0.4) is 0 Å². The van der Waals surface area contributed by atoms with Gasteiger partial charge in [-0.25, -0.2) is 0 Å². The Morgan fingerprint density at radius 2 is 2.50 bits per heavy atom. The van der Waals surface area contributed by atoms with E-state index < -0.39 is 0 Å². The van der Waals surface area contributed by atoms with Crippen molar-refractivity contribution in [3.63, 3.8) is 0 Å². The molecule has 5 nitrogen and oxygen atoms in total. The SMILES string of the molecule is CC(CC(=O)NCCc1ccn(C)n1)C1CCCNC1. The third kappa shape index (κ3) is 4.63. The highest BCUT2D eigenvalue weighted by Crippen LogP contribution is 2.22. The summed E-state index contributed by atoms with van der Waals surface area (Å²) in [5, 5.41) is 10.7. The van der Waals surface area contributed by atoms with E-state index in [2.05, 4.69) is 22.7 Å². The van der Waals surface area contributed by atoms with Crippen LogP contribution in [0.1, 0.15) is 31.9 Å². The Morgan fingerprint density at radius 3 is 3.15 bits per heavy atom. The summed E-state index contributed by atoms with van der Waals surface area (Å²) in [4.78, 5) is 11.9. The zero-order valence-corrected chi connectivity index (χ0v) is 12.6. The van der Waals surface area contributed by atoms with E-state index in [-0.39, 0.29) is 5.91 Å². The summed E-state index contributed by atoms with van der Waals surface area (Å²) < 4.78 is 1.79. The Morgan fingerprint density at radius 1 is 1.65 bits per heavy atom. The quantitative estimate of drug-likeness (QED) is 0.819. The zero-order valence-electron chi connectivity index (χ0n) is 12.6. The Labute approximate surface area is 121 Å². The van der Waals surface area contributed by atoms with Crippen LogP contribution in [0.5, 0.6) is 0 Å². The highest BCUT2D eigenvalue weighted by molar-refractivity contribution is 5.76. The second-order valence-corrected chi connectivity index (χ2v) is 5.87. The summed E-state index contributed by atoms with van der Waals surface area (Å²) in [5.74, 6) is 1.27. The third-order valence-electron chi connectivity index (χ3n) is 4.12. The molecule has 0 aliphatic carbocycles. The number of nitrogens with zero attached hydrogens (tertiary/aromatic N) is 2. The monoisotopic (exact) mass is 278 g/mol. The lowest BCUT2D eigenvalue weighted by atomic mass is 9.85. The van der Waals surface area contributed by atoms with Gasteiger partial charge in [0.2, 0.25) is 5.91 Å². The number of piperidine rings is 1. The van der Waals surface area contributed by atoms with Crippen molar-refractivity contribution in [1.82, 2.24) is 20.4 Å². The van der Waals surface area contributed by atoms with Gasteiger partial charge < -0.3 is 10.6 Å². The van der Waals surface area contributed by atoms with Crippen LogP contribution in [0, 0.1) is 11.8 Å². The maximum absolute atomic E-state index is 11.9. The fourth-order valence-corrected chi connectivity index (χ4v) is 2.82. The Bertz CT molecular complexity index is 423. The summed E-state index contributed by atoms with van der Waals surface area (Å²) in [6, 6.07) is 1.99. The van der Waals surface area contributed by atoms with E-state index in [0.29, 0.717) is 24.8 Å². The number of carbonyl (C=O) groups is 1. The third-order valence-corrected chi connectivity index (χ3v) is 4.12. The van der Waals surface area contributed by atoms with E-state index >= 15 is 0 Å². The molecule has 1 fully saturated rings. The van der Waals surface area contributed by atoms with Gasteiger partial charge >= 0.3 is 0 Å². The molecule has 20 heavy (non-hydrogen) atoms. The van der Waals surface area contributed by atoms with Gasteiger partial charge in [-0.3, -0.25) is 9.48 Å². The number of aromatic nitrogens is 2. The molecule has 0 spiro atoms. The van der Waals surface area contributed by atoms with Crippen molar-refractivity contribution in [3.05, 3.63) is 18.0 Å². The van der Waals surface area contributed by atoms with Gasteiger partial charge in [-0.2, -0.15) is 5.10 Å². The highest BCUT2D eigenvalue weighted by atomic mass is 16.1. The Balaban J connectivity index is 1.64. The van der Waals surface area contributed by atoms with Crippen molar-refractivity contribution < 1.29 is 4.79 Å². The number of carbonyl (C=O) groups excluding carboxylic acids is 1. The van der Waals surface area contributed by atoms with E-state index in [1.54, 1.807) is 4.68 Å². The molecule has 0 bridgehead atoms. The minimum absolute atomic E-state index is 0.166. The molecular formula is C15H26N4O. The summed E-state index contributed by atoms with van der Waals surface area (Å²) in [5.41, 5.74) is 1.03. The largest absolute Gasteiger partial charge is 0.356 e. The minimum atomic E-state index is 0.166. The van der Waals surface area contributed by atoms with E-state index in [0.717, 1.165) is 25.2 Å². The molecular weight excluding hydrogens is 252 g/mol. The molecule has 1 aliphatic heterocycles. The zero-order chi connectivity index (χ0) is 14.4. The number of hydrogen-bond acceptors (Lipinski definition) is 3. The number of amides is 1. The summed E-state index contributed by atoms with van der Waals surface area (Å²) in [6.45, 7) is 5.04. The van der Waals surface area contributed by atoms with Crippen LogP contribution in [0.25, 0.3) is 0 Å². The van der Waals surface area contributed by atoms with Gasteiger partial charge in [-0.15, -0.1) is 0 Å². The van der Waals surface area contributed by atoms with Crippen LogP contribution in [-0.4, -0.2) is 35.3 Å². The van der Waals surface area contributed by atoms with Crippen LogP contribution >= 0.6 is 0 Å². The maximum Gasteiger partial charge on any atom is 0.220 e. The summed E-state index contributed by atoms with van der Waals surface area (Å²) in [7, 11) is 1.90. The maximum atomic E-state index is 11.9. The molecule has 112 valence electrons. The number of hydrogen-bond donors (Lipinski definition) is 2. The van der Waals surface area contributed by atoms with Crippen molar-refractivity contribution in [1.29, 1.82) is 0 Å². The van der Waals surface area contributed by atoms with Crippen LogP contribution in [-0.2, 0) is 18.3 Å². The lowest BCUT2D eigenvalue weighted by Gasteiger charge is -2.28. The molecule has 1 saturated heterocycles. The second kappa shape index (κ2) is 7.43. The van der Waals surface area contributed by atoms with Gasteiger partial charge in [0.1, 0.15) is 0 Å². The molecule has 2 heterocycles. The number of rotatable bonds is 6. The van der Waals surface area contributed by atoms with Crippen LogP contribution in [0.4, 0.5) is 0 Å². The minimum Gasteiger partial charge on any atom is -0.356 e. The van der Waals surface area contributed by atoms with Crippen molar-refractivity contribution in [3.8, 4) is 0 Å². The fraction of sp³-hybridized carbons (Fsp3) is 0.733. The van der Waals surface area contributed by atoms with Crippen molar-refractivity contribution >= 4 is 5.91 Å². The molecule has 0 aromatic carbocycles. The van der Waals surface area contributed by atoms with Gasteiger partial charge in [0.05, 0.1) is 5.69 Å². The first-order chi connectivity index (χ1) is 9.65. The molecule has 0 radical (unpaired) electrons. The summed E-state index contributed by atoms with van der Waals surface area (Å²) >= 11 is 0. The summed E-state index contributed by atoms with van der Waals surface area (Å²) in [6.07, 6.45) is 5.83. The molecule has 2 N–H and O–H groups in total. The molecule has 2 atom stereocenters. The van der Waals surface area contributed by atoms with E-state index in [1.807, 2.05) is 19.3 Å². The van der Waals surface area contributed by atoms with Gasteiger partial charge in [0, 0.05) is 32.6 Å². The molecule has 2 unspecified atom stereocenters. The van der Waals surface area contributed by atoms with Gasteiger partial charge in [0.25, 0.3) is 0 Å². The number of aryl methyl sites for hydroxylation is 1. The lowest BCUT2D eigenvalue weighted by Crippen LogP contribution is -2.36. The molecule has 0 saturated carbocycles. The van der Waals surface area contributed by atoms with E-state index in [1.165, 1.54) is 12.8 Å². The highest BCUT2D eigenvalue weighted by Gasteiger charge is 2.21. The van der Waals surface area contributed by atoms with Gasteiger partial charge in [0.15, 0.2) is 0 Å². The van der Waals surface area contributed by atoms with Crippen molar-refractivity contribution in [2.45, 2.75) is 32.6 Å². The molecule has 5 heteroatoms. The average Bonchev–Trinajstić information content (AvgIpc) is 2.85.